The Bertz CT molecular complexity index is 603. The van der Waals surface area contributed by atoms with Crippen molar-refractivity contribution in [2.45, 2.75) is 0 Å². The van der Waals surface area contributed by atoms with Gasteiger partial charge in [0, 0.05) is 0 Å². The van der Waals surface area contributed by atoms with Crippen LogP contribution in [-0.2, 0) is 0 Å². The first-order valence-corrected chi connectivity index (χ1v) is 5.91. The van der Waals surface area contributed by atoms with E-state index in [-0.39, 0.29) is 0 Å². The molecule has 0 saturated heterocycles. The lowest BCUT2D eigenvalue weighted by molar-refractivity contribution is 0.0997. The van der Waals surface area contributed by atoms with Crippen LogP contribution in [0.3, 0.4) is 0 Å². The maximum atomic E-state index is 11.2. The third-order valence-electron chi connectivity index (χ3n) is 2.76. The molecule has 2 N–H and O–H groups in total. The number of carbonyl (C=O) groups excluding carboxylic acids is 1. The SMILES string of the molecule is COc1cc(C=Cc2ccccc2)ccc1C(N)=O. The van der Waals surface area contributed by atoms with E-state index in [1.165, 1.54) is 7.11 Å². The largest absolute Gasteiger partial charge is 0.496 e. The molecule has 96 valence electrons. The molecule has 3 heteroatoms. The summed E-state index contributed by atoms with van der Waals surface area (Å²) in [6, 6.07) is 15.3. The number of carbonyl (C=O) groups is 1. The van der Waals surface area contributed by atoms with Crippen molar-refractivity contribution in [3.8, 4) is 5.75 Å². The normalized spacial score (nSPS) is 10.6. The quantitative estimate of drug-likeness (QED) is 0.852. The molecule has 0 aliphatic rings. The minimum Gasteiger partial charge on any atom is -0.496 e. The van der Waals surface area contributed by atoms with Crippen LogP contribution in [0.1, 0.15) is 21.5 Å². The Hall–Kier alpha value is -2.55. The summed E-state index contributed by atoms with van der Waals surface area (Å²) in [5.41, 5.74) is 7.72. The third-order valence-corrected chi connectivity index (χ3v) is 2.76. The van der Waals surface area contributed by atoms with Crippen molar-refractivity contribution >= 4 is 18.1 Å². The molecule has 0 aliphatic heterocycles. The number of benzene rings is 2. The molecule has 0 saturated carbocycles. The maximum Gasteiger partial charge on any atom is 0.252 e. The van der Waals surface area contributed by atoms with E-state index in [0.29, 0.717) is 11.3 Å². The van der Waals surface area contributed by atoms with Gasteiger partial charge in [-0.25, -0.2) is 0 Å². The average molecular weight is 253 g/mol. The molecule has 0 spiro atoms. The number of primary amides is 1. The summed E-state index contributed by atoms with van der Waals surface area (Å²) in [6.07, 6.45) is 3.96. The number of amides is 1. The first-order valence-electron chi connectivity index (χ1n) is 5.91. The van der Waals surface area contributed by atoms with E-state index in [2.05, 4.69) is 0 Å². The van der Waals surface area contributed by atoms with Crippen LogP contribution in [0, 0.1) is 0 Å². The average Bonchev–Trinajstić information content (AvgIpc) is 2.45. The standard InChI is InChI=1S/C16H15NO2/c1-19-15-11-13(9-10-14(15)16(17)18)8-7-12-5-3-2-4-6-12/h2-11H,1H3,(H2,17,18). The molecule has 1 amide bonds. The topological polar surface area (TPSA) is 52.3 Å². The molecule has 0 aliphatic carbocycles. The second kappa shape index (κ2) is 5.87. The van der Waals surface area contributed by atoms with Gasteiger partial charge in [0.25, 0.3) is 5.91 Å². The van der Waals surface area contributed by atoms with Gasteiger partial charge in [-0.2, -0.15) is 0 Å². The molecule has 2 rings (SSSR count). The highest BCUT2D eigenvalue weighted by Gasteiger charge is 2.08. The zero-order valence-electron chi connectivity index (χ0n) is 10.7. The predicted octanol–water partition coefficient (Wildman–Crippen LogP) is 2.96. The van der Waals surface area contributed by atoms with E-state index >= 15 is 0 Å². The lowest BCUT2D eigenvalue weighted by Crippen LogP contribution is -2.12. The summed E-state index contributed by atoms with van der Waals surface area (Å²) in [6.45, 7) is 0. The third kappa shape index (κ3) is 3.22. The van der Waals surface area contributed by atoms with Gasteiger partial charge in [0.05, 0.1) is 12.7 Å². The number of hydrogen-bond acceptors (Lipinski definition) is 2. The molecular formula is C16H15NO2. The monoisotopic (exact) mass is 253 g/mol. The van der Waals surface area contributed by atoms with Gasteiger partial charge in [-0.05, 0) is 23.3 Å². The van der Waals surface area contributed by atoms with Gasteiger partial charge in [0.2, 0.25) is 0 Å². The highest BCUT2D eigenvalue weighted by Crippen LogP contribution is 2.21. The molecule has 0 radical (unpaired) electrons. The molecule has 0 heterocycles. The fourth-order valence-corrected chi connectivity index (χ4v) is 1.77. The van der Waals surface area contributed by atoms with Crippen molar-refractivity contribution < 1.29 is 9.53 Å². The molecule has 0 atom stereocenters. The van der Waals surface area contributed by atoms with Crippen LogP contribution in [0.2, 0.25) is 0 Å². The summed E-state index contributed by atoms with van der Waals surface area (Å²) < 4.78 is 5.16. The van der Waals surface area contributed by atoms with Crippen LogP contribution in [-0.4, -0.2) is 13.0 Å². The Morgan fingerprint density at radius 2 is 1.74 bits per heavy atom. The highest BCUT2D eigenvalue weighted by atomic mass is 16.5. The van der Waals surface area contributed by atoms with Crippen LogP contribution in [0.25, 0.3) is 12.2 Å². The number of ether oxygens (including phenoxy) is 1. The number of rotatable bonds is 4. The smallest absolute Gasteiger partial charge is 0.252 e. The lowest BCUT2D eigenvalue weighted by Gasteiger charge is -2.06. The van der Waals surface area contributed by atoms with E-state index in [1.54, 1.807) is 12.1 Å². The minimum atomic E-state index is -0.490. The Balaban J connectivity index is 2.27. The van der Waals surface area contributed by atoms with Gasteiger partial charge >= 0.3 is 0 Å². The summed E-state index contributed by atoms with van der Waals surface area (Å²) in [5.74, 6) is -0.00171. The van der Waals surface area contributed by atoms with Gasteiger partial charge in [-0.1, -0.05) is 48.6 Å². The Labute approximate surface area is 112 Å². The number of methoxy groups -OCH3 is 1. The van der Waals surface area contributed by atoms with Crippen molar-refractivity contribution in [3.05, 3.63) is 65.2 Å². The Morgan fingerprint density at radius 3 is 2.37 bits per heavy atom. The van der Waals surface area contributed by atoms with E-state index in [1.807, 2.05) is 48.6 Å². The van der Waals surface area contributed by atoms with Gasteiger partial charge in [0.15, 0.2) is 0 Å². The van der Waals surface area contributed by atoms with Crippen LogP contribution in [0.15, 0.2) is 48.5 Å². The fraction of sp³-hybridized carbons (Fsp3) is 0.0625. The maximum absolute atomic E-state index is 11.2. The van der Waals surface area contributed by atoms with E-state index < -0.39 is 5.91 Å². The molecule has 2 aromatic carbocycles. The van der Waals surface area contributed by atoms with Crippen molar-refractivity contribution in [1.29, 1.82) is 0 Å². The zero-order valence-corrected chi connectivity index (χ0v) is 10.7. The second-order valence-corrected chi connectivity index (χ2v) is 4.07. The van der Waals surface area contributed by atoms with Crippen molar-refractivity contribution in [2.24, 2.45) is 5.73 Å². The lowest BCUT2D eigenvalue weighted by atomic mass is 10.1. The van der Waals surface area contributed by atoms with Crippen LogP contribution >= 0.6 is 0 Å². The summed E-state index contributed by atoms with van der Waals surface area (Å²) in [7, 11) is 1.52. The van der Waals surface area contributed by atoms with Gasteiger partial charge in [0.1, 0.15) is 5.75 Å². The molecule has 2 aromatic rings. The number of hydrogen-bond donors (Lipinski definition) is 1. The number of nitrogens with two attached hydrogens (primary N) is 1. The summed E-state index contributed by atoms with van der Waals surface area (Å²) in [4.78, 5) is 11.2. The summed E-state index contributed by atoms with van der Waals surface area (Å²) in [5, 5.41) is 0. The highest BCUT2D eigenvalue weighted by molar-refractivity contribution is 5.96. The molecular weight excluding hydrogens is 238 g/mol. The predicted molar refractivity (Wildman–Crippen MR) is 76.9 cm³/mol. The Morgan fingerprint density at radius 1 is 1.05 bits per heavy atom. The van der Waals surface area contributed by atoms with Crippen LogP contribution < -0.4 is 10.5 Å². The van der Waals surface area contributed by atoms with Crippen molar-refractivity contribution in [2.75, 3.05) is 7.11 Å². The van der Waals surface area contributed by atoms with Gasteiger partial charge in [-0.3, -0.25) is 4.79 Å². The fourth-order valence-electron chi connectivity index (χ4n) is 1.77. The molecule has 0 unspecified atom stereocenters. The molecule has 19 heavy (non-hydrogen) atoms. The van der Waals surface area contributed by atoms with Crippen molar-refractivity contribution in [3.63, 3.8) is 0 Å². The first-order chi connectivity index (χ1) is 9.20. The molecule has 0 bridgehead atoms. The van der Waals surface area contributed by atoms with Crippen LogP contribution in [0.4, 0.5) is 0 Å². The Kier molecular flexibility index (Phi) is 3.98. The van der Waals surface area contributed by atoms with E-state index in [0.717, 1.165) is 11.1 Å². The molecule has 0 aromatic heterocycles. The first kappa shape index (κ1) is 12.9. The molecule has 3 nitrogen and oxygen atoms in total. The van der Waals surface area contributed by atoms with Crippen molar-refractivity contribution in [1.82, 2.24) is 0 Å². The van der Waals surface area contributed by atoms with E-state index in [4.69, 9.17) is 10.5 Å². The summed E-state index contributed by atoms with van der Waals surface area (Å²) >= 11 is 0. The molecule has 0 fully saturated rings. The van der Waals surface area contributed by atoms with Gasteiger partial charge in [-0.15, -0.1) is 0 Å². The van der Waals surface area contributed by atoms with Gasteiger partial charge < -0.3 is 10.5 Å². The zero-order chi connectivity index (χ0) is 13.7. The second-order valence-electron chi connectivity index (χ2n) is 4.07. The van der Waals surface area contributed by atoms with Crippen LogP contribution in [0.5, 0.6) is 5.75 Å². The minimum absolute atomic E-state index is 0.388. The van der Waals surface area contributed by atoms with E-state index in [9.17, 15) is 4.79 Å².